The van der Waals surface area contributed by atoms with E-state index in [1.54, 1.807) is 0 Å². The SMILES string of the molecule is C[C@@H](NC1CCN(C2CC2)C1)c1ccccc1Cl. The molecular weight excluding hydrogens is 244 g/mol. The van der Waals surface area contributed by atoms with Crippen LogP contribution >= 0.6 is 11.6 Å². The Morgan fingerprint density at radius 1 is 1.28 bits per heavy atom. The summed E-state index contributed by atoms with van der Waals surface area (Å²) in [6.07, 6.45) is 4.09. The van der Waals surface area contributed by atoms with Crippen LogP contribution < -0.4 is 5.32 Å². The molecule has 2 atom stereocenters. The molecular formula is C15H21ClN2. The second-order valence-corrected chi connectivity index (χ2v) is 6.03. The second kappa shape index (κ2) is 5.20. The number of halogens is 1. The Balaban J connectivity index is 1.58. The zero-order chi connectivity index (χ0) is 12.5. The molecule has 1 saturated carbocycles. The highest BCUT2D eigenvalue weighted by atomic mass is 35.5. The van der Waals surface area contributed by atoms with Gasteiger partial charge in [-0.15, -0.1) is 0 Å². The normalized spacial score (nSPS) is 26.4. The molecule has 98 valence electrons. The minimum Gasteiger partial charge on any atom is -0.306 e. The van der Waals surface area contributed by atoms with Crippen molar-refractivity contribution in [2.24, 2.45) is 0 Å². The first-order chi connectivity index (χ1) is 8.74. The Hall–Kier alpha value is -0.570. The summed E-state index contributed by atoms with van der Waals surface area (Å²) in [4.78, 5) is 2.64. The summed E-state index contributed by atoms with van der Waals surface area (Å²) in [6, 6.07) is 9.99. The van der Waals surface area contributed by atoms with E-state index in [0.29, 0.717) is 12.1 Å². The van der Waals surface area contributed by atoms with Gasteiger partial charge in [0.2, 0.25) is 0 Å². The number of benzene rings is 1. The van der Waals surface area contributed by atoms with Gasteiger partial charge in [-0.25, -0.2) is 0 Å². The van der Waals surface area contributed by atoms with Gasteiger partial charge in [0, 0.05) is 36.2 Å². The van der Waals surface area contributed by atoms with E-state index in [0.717, 1.165) is 11.1 Å². The molecule has 1 saturated heterocycles. The van der Waals surface area contributed by atoms with Crippen LogP contribution in [-0.2, 0) is 0 Å². The van der Waals surface area contributed by atoms with Crippen LogP contribution in [0.1, 0.15) is 37.8 Å². The maximum absolute atomic E-state index is 6.24. The van der Waals surface area contributed by atoms with E-state index < -0.39 is 0 Å². The minimum atomic E-state index is 0.336. The maximum atomic E-state index is 6.24. The summed E-state index contributed by atoms with van der Waals surface area (Å²) in [5, 5.41) is 4.59. The first kappa shape index (κ1) is 12.5. The quantitative estimate of drug-likeness (QED) is 0.898. The Bertz CT molecular complexity index is 417. The van der Waals surface area contributed by atoms with Crippen LogP contribution in [0.4, 0.5) is 0 Å². The number of hydrogen-bond acceptors (Lipinski definition) is 2. The molecule has 1 aliphatic heterocycles. The van der Waals surface area contributed by atoms with Crippen molar-refractivity contribution in [1.82, 2.24) is 10.2 Å². The van der Waals surface area contributed by atoms with E-state index in [2.05, 4.69) is 29.3 Å². The molecule has 1 aromatic rings. The fraction of sp³-hybridized carbons (Fsp3) is 0.600. The monoisotopic (exact) mass is 264 g/mol. The summed E-state index contributed by atoms with van der Waals surface area (Å²) >= 11 is 6.24. The van der Waals surface area contributed by atoms with E-state index in [1.165, 1.54) is 37.9 Å². The number of nitrogens with one attached hydrogen (secondary N) is 1. The van der Waals surface area contributed by atoms with Crippen molar-refractivity contribution in [3.8, 4) is 0 Å². The molecule has 2 fully saturated rings. The molecule has 0 aromatic heterocycles. The Morgan fingerprint density at radius 2 is 2.06 bits per heavy atom. The van der Waals surface area contributed by atoms with Crippen LogP contribution in [0.3, 0.4) is 0 Å². The number of hydrogen-bond donors (Lipinski definition) is 1. The van der Waals surface area contributed by atoms with Crippen molar-refractivity contribution in [2.45, 2.75) is 44.3 Å². The van der Waals surface area contributed by atoms with Crippen molar-refractivity contribution >= 4 is 11.6 Å². The third kappa shape index (κ3) is 2.71. The van der Waals surface area contributed by atoms with Crippen LogP contribution in [0.2, 0.25) is 5.02 Å². The highest BCUT2D eigenvalue weighted by Crippen LogP contribution is 2.30. The van der Waals surface area contributed by atoms with Crippen molar-refractivity contribution in [3.63, 3.8) is 0 Å². The fourth-order valence-corrected chi connectivity index (χ4v) is 3.26. The highest BCUT2D eigenvalue weighted by molar-refractivity contribution is 6.31. The van der Waals surface area contributed by atoms with Crippen LogP contribution in [0.5, 0.6) is 0 Å². The highest BCUT2D eigenvalue weighted by Gasteiger charge is 2.34. The van der Waals surface area contributed by atoms with E-state index in [4.69, 9.17) is 11.6 Å². The second-order valence-electron chi connectivity index (χ2n) is 5.62. The molecule has 2 aliphatic rings. The van der Waals surface area contributed by atoms with E-state index >= 15 is 0 Å². The smallest absolute Gasteiger partial charge is 0.0453 e. The van der Waals surface area contributed by atoms with Gasteiger partial charge in [0.1, 0.15) is 0 Å². The minimum absolute atomic E-state index is 0.336. The summed E-state index contributed by atoms with van der Waals surface area (Å²) in [5.74, 6) is 0. The lowest BCUT2D eigenvalue weighted by atomic mass is 10.1. The first-order valence-corrected chi connectivity index (χ1v) is 7.36. The third-order valence-corrected chi connectivity index (χ3v) is 4.48. The molecule has 2 nitrogen and oxygen atoms in total. The van der Waals surface area contributed by atoms with Gasteiger partial charge in [0.25, 0.3) is 0 Å². The van der Waals surface area contributed by atoms with Crippen LogP contribution in [0.15, 0.2) is 24.3 Å². The molecule has 1 N–H and O–H groups in total. The lowest BCUT2D eigenvalue weighted by Crippen LogP contribution is -2.35. The summed E-state index contributed by atoms with van der Waals surface area (Å²) in [5.41, 5.74) is 1.21. The Labute approximate surface area is 114 Å². The predicted molar refractivity (Wildman–Crippen MR) is 76.0 cm³/mol. The molecule has 3 heteroatoms. The van der Waals surface area contributed by atoms with Gasteiger partial charge in [-0.3, -0.25) is 4.90 Å². The van der Waals surface area contributed by atoms with E-state index in [1.807, 2.05) is 12.1 Å². The zero-order valence-electron chi connectivity index (χ0n) is 10.9. The van der Waals surface area contributed by atoms with Crippen molar-refractivity contribution in [3.05, 3.63) is 34.9 Å². The Morgan fingerprint density at radius 3 is 2.78 bits per heavy atom. The van der Waals surface area contributed by atoms with E-state index in [-0.39, 0.29) is 0 Å². The average Bonchev–Trinajstić information content (AvgIpc) is 3.11. The largest absolute Gasteiger partial charge is 0.306 e. The summed E-state index contributed by atoms with van der Waals surface area (Å²) < 4.78 is 0. The topological polar surface area (TPSA) is 15.3 Å². The Kier molecular flexibility index (Phi) is 3.60. The standard InChI is InChI=1S/C15H21ClN2/c1-11(14-4-2-3-5-15(14)16)17-12-8-9-18(10-12)13-6-7-13/h2-5,11-13,17H,6-10H2,1H3/t11-,12?/m1/s1. The molecule has 1 aromatic carbocycles. The molecule has 0 spiro atoms. The van der Waals surface area contributed by atoms with Gasteiger partial charge >= 0.3 is 0 Å². The third-order valence-electron chi connectivity index (χ3n) is 4.14. The van der Waals surface area contributed by atoms with Gasteiger partial charge in [0.05, 0.1) is 0 Å². The molecule has 0 bridgehead atoms. The molecule has 1 unspecified atom stereocenters. The van der Waals surface area contributed by atoms with Crippen LogP contribution in [0.25, 0.3) is 0 Å². The lowest BCUT2D eigenvalue weighted by molar-refractivity contribution is 0.313. The van der Waals surface area contributed by atoms with E-state index in [9.17, 15) is 0 Å². The fourth-order valence-electron chi connectivity index (χ4n) is 2.96. The number of rotatable bonds is 4. The van der Waals surface area contributed by atoms with Gasteiger partial charge in [-0.2, -0.15) is 0 Å². The summed E-state index contributed by atoms with van der Waals surface area (Å²) in [7, 11) is 0. The molecule has 0 amide bonds. The van der Waals surface area contributed by atoms with Gasteiger partial charge in [0.15, 0.2) is 0 Å². The van der Waals surface area contributed by atoms with Crippen molar-refractivity contribution in [1.29, 1.82) is 0 Å². The lowest BCUT2D eigenvalue weighted by Gasteiger charge is -2.21. The van der Waals surface area contributed by atoms with Gasteiger partial charge in [-0.05, 0) is 37.8 Å². The molecule has 18 heavy (non-hydrogen) atoms. The van der Waals surface area contributed by atoms with Crippen molar-refractivity contribution in [2.75, 3.05) is 13.1 Å². The maximum Gasteiger partial charge on any atom is 0.0453 e. The first-order valence-electron chi connectivity index (χ1n) is 6.98. The number of likely N-dealkylation sites (tertiary alicyclic amines) is 1. The van der Waals surface area contributed by atoms with Crippen LogP contribution in [-0.4, -0.2) is 30.1 Å². The molecule has 1 aliphatic carbocycles. The van der Waals surface area contributed by atoms with Gasteiger partial charge in [-0.1, -0.05) is 29.8 Å². The predicted octanol–water partition coefficient (Wildman–Crippen LogP) is 3.23. The molecule has 0 radical (unpaired) electrons. The summed E-state index contributed by atoms with van der Waals surface area (Å²) in [6.45, 7) is 4.68. The van der Waals surface area contributed by atoms with Gasteiger partial charge < -0.3 is 5.32 Å². The molecule has 1 heterocycles. The molecule has 3 rings (SSSR count). The van der Waals surface area contributed by atoms with Crippen LogP contribution in [0, 0.1) is 0 Å². The van der Waals surface area contributed by atoms with Crippen molar-refractivity contribution < 1.29 is 0 Å². The zero-order valence-corrected chi connectivity index (χ0v) is 11.7. The number of nitrogens with zero attached hydrogens (tertiary/aromatic N) is 1. The average molecular weight is 265 g/mol.